The number of sulfonamides is 1. The Labute approximate surface area is 185 Å². The first-order chi connectivity index (χ1) is 15.6. The molecule has 3 aromatic rings. The van der Waals surface area contributed by atoms with Crippen LogP contribution in [-0.2, 0) is 21.3 Å². The number of rotatable bonds is 6. The Morgan fingerprint density at radius 2 is 1.78 bits per heavy atom. The number of aromatic nitrogens is 3. The number of morpholine rings is 1. The maximum atomic E-state index is 12.8. The molecule has 0 unspecified atom stereocenters. The van der Waals surface area contributed by atoms with Gasteiger partial charge in [0, 0.05) is 45.5 Å². The van der Waals surface area contributed by atoms with Crippen molar-refractivity contribution in [3.05, 3.63) is 42.6 Å². The largest absolute Gasteiger partial charge is 0.459 e. The number of pyridine rings is 1. The van der Waals surface area contributed by atoms with Crippen molar-refractivity contribution in [1.82, 2.24) is 24.4 Å². The van der Waals surface area contributed by atoms with Gasteiger partial charge in [0.1, 0.15) is 10.7 Å². The third-order valence-electron chi connectivity index (χ3n) is 5.58. The second-order valence-electron chi connectivity index (χ2n) is 7.61. The van der Waals surface area contributed by atoms with Crippen molar-refractivity contribution in [3.63, 3.8) is 0 Å². The molecule has 0 spiro atoms. The van der Waals surface area contributed by atoms with Gasteiger partial charge in [-0.25, -0.2) is 13.4 Å². The van der Waals surface area contributed by atoms with Gasteiger partial charge in [-0.3, -0.25) is 4.90 Å². The normalized spacial score (nSPS) is 18.8. The minimum absolute atomic E-state index is 0.213. The van der Waals surface area contributed by atoms with Crippen LogP contribution in [0.25, 0.3) is 11.7 Å². The van der Waals surface area contributed by atoms with Crippen LogP contribution in [0.5, 0.6) is 0 Å². The zero-order valence-corrected chi connectivity index (χ0v) is 18.3. The van der Waals surface area contributed by atoms with E-state index in [2.05, 4.69) is 25.0 Å². The van der Waals surface area contributed by atoms with Crippen molar-refractivity contribution >= 4 is 15.8 Å². The number of ether oxygens (including phenoxy) is 1. The zero-order valence-electron chi connectivity index (χ0n) is 17.5. The molecular weight excluding hydrogens is 436 g/mol. The first kappa shape index (κ1) is 21.1. The summed E-state index contributed by atoms with van der Waals surface area (Å²) in [5.41, 5.74) is 0. The average molecular weight is 461 g/mol. The lowest BCUT2D eigenvalue weighted by molar-refractivity contribution is 0.0730. The summed E-state index contributed by atoms with van der Waals surface area (Å²) in [4.78, 5) is 9.01. The number of furan rings is 1. The van der Waals surface area contributed by atoms with E-state index in [9.17, 15) is 8.42 Å². The predicted molar refractivity (Wildman–Crippen MR) is 113 cm³/mol. The highest BCUT2D eigenvalue weighted by Gasteiger charge is 2.27. The number of hydrogen-bond donors (Lipinski definition) is 0. The fourth-order valence-electron chi connectivity index (χ4n) is 3.79. The molecule has 2 aliphatic heterocycles. The minimum atomic E-state index is -3.53. The standard InChI is InChI=1S/C20H24N6O5S/c27-32(28,26-9-12-29-13-10-26)16-3-4-18(21-14-16)25-7-5-24(6-8-25)15-19-22-23-20(31-19)17-2-1-11-30-17/h1-4,11,14H,5-10,12-13,15H2. The van der Waals surface area contributed by atoms with Crippen molar-refractivity contribution in [3.8, 4) is 11.7 Å². The Bertz CT molecular complexity index is 1120. The van der Waals surface area contributed by atoms with Gasteiger partial charge >= 0.3 is 0 Å². The topological polar surface area (TPSA) is 118 Å². The van der Waals surface area contributed by atoms with Gasteiger partial charge in [0.15, 0.2) is 5.76 Å². The predicted octanol–water partition coefficient (Wildman–Crippen LogP) is 1.07. The molecule has 2 saturated heterocycles. The average Bonchev–Trinajstić information content (AvgIpc) is 3.53. The molecule has 32 heavy (non-hydrogen) atoms. The highest BCUT2D eigenvalue weighted by molar-refractivity contribution is 7.89. The molecule has 0 aliphatic carbocycles. The van der Waals surface area contributed by atoms with Gasteiger partial charge in [0.2, 0.25) is 15.9 Å². The molecule has 2 fully saturated rings. The Balaban J connectivity index is 1.17. The lowest BCUT2D eigenvalue weighted by atomic mass is 10.3. The molecule has 3 aromatic heterocycles. The summed E-state index contributed by atoms with van der Waals surface area (Å²) < 4.78 is 43.2. The van der Waals surface area contributed by atoms with E-state index in [1.807, 2.05) is 0 Å². The lowest BCUT2D eigenvalue weighted by Crippen LogP contribution is -2.46. The third-order valence-corrected chi connectivity index (χ3v) is 7.46. The molecule has 0 bridgehead atoms. The Kier molecular flexibility index (Phi) is 5.91. The molecule has 5 heterocycles. The van der Waals surface area contributed by atoms with Crippen molar-refractivity contribution in [1.29, 1.82) is 0 Å². The smallest absolute Gasteiger partial charge is 0.283 e. The van der Waals surface area contributed by atoms with E-state index in [-0.39, 0.29) is 4.90 Å². The van der Waals surface area contributed by atoms with Gasteiger partial charge in [-0.15, -0.1) is 10.2 Å². The Hall–Kier alpha value is -2.80. The van der Waals surface area contributed by atoms with E-state index in [4.69, 9.17) is 13.6 Å². The molecule has 0 saturated carbocycles. The van der Waals surface area contributed by atoms with Crippen molar-refractivity contribution in [2.24, 2.45) is 0 Å². The monoisotopic (exact) mass is 460 g/mol. The van der Waals surface area contributed by atoms with Gasteiger partial charge in [-0.1, -0.05) is 0 Å². The summed E-state index contributed by atoms with van der Waals surface area (Å²) >= 11 is 0. The number of nitrogens with zero attached hydrogens (tertiary/aromatic N) is 6. The van der Waals surface area contributed by atoms with Crippen molar-refractivity contribution in [2.45, 2.75) is 11.4 Å². The Morgan fingerprint density at radius 3 is 2.47 bits per heavy atom. The van der Waals surface area contributed by atoms with Gasteiger partial charge in [0.25, 0.3) is 5.89 Å². The molecule has 0 amide bonds. The summed E-state index contributed by atoms with van der Waals surface area (Å²) in [5, 5.41) is 8.13. The van der Waals surface area contributed by atoms with Crippen LogP contribution < -0.4 is 4.90 Å². The first-order valence-electron chi connectivity index (χ1n) is 10.5. The number of piperazine rings is 1. The van der Waals surface area contributed by atoms with E-state index in [1.54, 1.807) is 30.5 Å². The van der Waals surface area contributed by atoms with Crippen molar-refractivity contribution < 1.29 is 22.0 Å². The van der Waals surface area contributed by atoms with Crippen LogP contribution in [0.4, 0.5) is 5.82 Å². The molecule has 12 heteroatoms. The SMILES string of the molecule is O=S(=O)(c1ccc(N2CCN(Cc3nnc(-c4ccco4)o3)CC2)nc1)N1CCOCC1. The van der Waals surface area contributed by atoms with Gasteiger partial charge in [0.05, 0.1) is 26.0 Å². The maximum absolute atomic E-state index is 12.8. The summed E-state index contributed by atoms with van der Waals surface area (Å²) in [7, 11) is -3.53. The molecule has 0 atom stereocenters. The van der Waals surface area contributed by atoms with Gasteiger partial charge < -0.3 is 18.5 Å². The van der Waals surface area contributed by atoms with Crippen LogP contribution >= 0.6 is 0 Å². The summed E-state index contributed by atoms with van der Waals surface area (Å²) in [6, 6.07) is 6.96. The minimum Gasteiger partial charge on any atom is -0.459 e. The van der Waals surface area contributed by atoms with Crippen LogP contribution in [-0.4, -0.2) is 85.3 Å². The van der Waals surface area contributed by atoms with Gasteiger partial charge in [-0.05, 0) is 24.3 Å². The molecule has 170 valence electrons. The second kappa shape index (κ2) is 8.98. The van der Waals surface area contributed by atoms with Crippen LogP contribution in [0.15, 0.2) is 50.5 Å². The summed E-state index contributed by atoms with van der Waals surface area (Å²) in [6.45, 7) is 5.27. The summed E-state index contributed by atoms with van der Waals surface area (Å²) in [6.07, 6.45) is 3.01. The summed E-state index contributed by atoms with van der Waals surface area (Å²) in [5.74, 6) is 2.24. The first-order valence-corrected chi connectivity index (χ1v) is 11.9. The molecule has 11 nitrogen and oxygen atoms in total. The fraction of sp³-hybridized carbons (Fsp3) is 0.450. The van der Waals surface area contributed by atoms with Crippen molar-refractivity contribution in [2.75, 3.05) is 57.4 Å². The van der Waals surface area contributed by atoms with E-state index in [0.29, 0.717) is 50.4 Å². The van der Waals surface area contributed by atoms with Gasteiger partial charge in [-0.2, -0.15) is 4.31 Å². The zero-order chi connectivity index (χ0) is 22.0. The van der Waals surface area contributed by atoms with E-state index in [1.165, 1.54) is 10.5 Å². The van der Waals surface area contributed by atoms with E-state index < -0.39 is 10.0 Å². The van der Waals surface area contributed by atoms with E-state index >= 15 is 0 Å². The lowest BCUT2D eigenvalue weighted by Gasteiger charge is -2.34. The second-order valence-corrected chi connectivity index (χ2v) is 9.55. The van der Waals surface area contributed by atoms with Crippen LogP contribution in [0.2, 0.25) is 0 Å². The Morgan fingerprint density at radius 1 is 0.969 bits per heavy atom. The maximum Gasteiger partial charge on any atom is 0.283 e. The fourth-order valence-corrected chi connectivity index (χ4v) is 5.15. The number of anilines is 1. The highest BCUT2D eigenvalue weighted by Crippen LogP contribution is 2.21. The molecule has 0 N–H and O–H groups in total. The molecule has 2 aliphatic rings. The molecular formula is C20H24N6O5S. The van der Waals surface area contributed by atoms with Crippen LogP contribution in [0.1, 0.15) is 5.89 Å². The van der Waals surface area contributed by atoms with Crippen LogP contribution in [0.3, 0.4) is 0 Å². The quantitative estimate of drug-likeness (QED) is 0.528. The third kappa shape index (κ3) is 4.39. The number of hydrogen-bond acceptors (Lipinski definition) is 10. The molecule has 0 radical (unpaired) electrons. The molecule has 0 aromatic carbocycles. The van der Waals surface area contributed by atoms with E-state index in [0.717, 1.165) is 32.0 Å². The van der Waals surface area contributed by atoms with Crippen LogP contribution in [0, 0.1) is 0 Å². The molecule has 5 rings (SSSR count). The highest BCUT2D eigenvalue weighted by atomic mass is 32.2.